The van der Waals surface area contributed by atoms with Gasteiger partial charge in [0.1, 0.15) is 5.82 Å². The Balaban J connectivity index is 2.65. The van der Waals surface area contributed by atoms with Crippen molar-refractivity contribution in [2.75, 3.05) is 6.61 Å². The van der Waals surface area contributed by atoms with Crippen LogP contribution in [0.15, 0.2) is 24.3 Å². The summed E-state index contributed by atoms with van der Waals surface area (Å²) in [5.41, 5.74) is -0.00634. The van der Waals surface area contributed by atoms with Gasteiger partial charge in [-0.3, -0.25) is 0 Å². The van der Waals surface area contributed by atoms with Gasteiger partial charge in [-0.15, -0.1) is 0 Å². The van der Waals surface area contributed by atoms with E-state index in [-0.39, 0.29) is 11.5 Å². The van der Waals surface area contributed by atoms with Crippen LogP contribution in [0.2, 0.25) is 0 Å². The highest BCUT2D eigenvalue weighted by Gasteiger charge is 2.12. The molecule has 0 aliphatic rings. The van der Waals surface area contributed by atoms with E-state index in [1.807, 2.05) is 13.8 Å². The van der Waals surface area contributed by atoms with Crippen LogP contribution in [0, 0.1) is 11.7 Å². The van der Waals surface area contributed by atoms with Gasteiger partial charge in [0, 0.05) is 0 Å². The number of ether oxygens (including phenoxy) is 1. The zero-order valence-electron chi connectivity index (χ0n) is 8.29. The molecule has 14 heavy (non-hydrogen) atoms. The molecule has 0 fully saturated rings. The van der Waals surface area contributed by atoms with E-state index < -0.39 is 11.8 Å². The molecule has 0 spiro atoms. The van der Waals surface area contributed by atoms with Gasteiger partial charge in [-0.2, -0.15) is 0 Å². The molecule has 1 rings (SSSR count). The number of halogens is 1. The van der Waals surface area contributed by atoms with Crippen molar-refractivity contribution in [3.63, 3.8) is 0 Å². The molecular weight excluding hydrogens is 183 g/mol. The van der Waals surface area contributed by atoms with Crippen molar-refractivity contribution < 1.29 is 13.9 Å². The monoisotopic (exact) mass is 196 g/mol. The summed E-state index contributed by atoms with van der Waals surface area (Å²) in [6.07, 6.45) is 0. The topological polar surface area (TPSA) is 26.3 Å². The lowest BCUT2D eigenvalue weighted by Crippen LogP contribution is -2.11. The average Bonchev–Trinajstić information content (AvgIpc) is 2.15. The number of hydrogen-bond donors (Lipinski definition) is 0. The predicted molar refractivity (Wildman–Crippen MR) is 51.5 cm³/mol. The molecule has 0 heterocycles. The smallest absolute Gasteiger partial charge is 0.341 e. The normalized spacial score (nSPS) is 10.3. The van der Waals surface area contributed by atoms with Crippen molar-refractivity contribution in [1.29, 1.82) is 0 Å². The molecular formula is C11H13FO2. The van der Waals surface area contributed by atoms with E-state index in [2.05, 4.69) is 0 Å². The van der Waals surface area contributed by atoms with Gasteiger partial charge in [-0.25, -0.2) is 9.18 Å². The van der Waals surface area contributed by atoms with E-state index in [0.717, 1.165) is 0 Å². The Hall–Kier alpha value is -1.38. The lowest BCUT2D eigenvalue weighted by Gasteiger charge is -2.07. The first-order valence-corrected chi connectivity index (χ1v) is 4.53. The van der Waals surface area contributed by atoms with Gasteiger partial charge >= 0.3 is 5.97 Å². The Morgan fingerprint density at radius 2 is 2.07 bits per heavy atom. The van der Waals surface area contributed by atoms with E-state index in [9.17, 15) is 9.18 Å². The number of carbonyl (C=O) groups excluding carboxylic acids is 1. The first-order valence-electron chi connectivity index (χ1n) is 4.53. The fraction of sp³-hybridized carbons (Fsp3) is 0.364. The maximum absolute atomic E-state index is 13.1. The Morgan fingerprint density at radius 1 is 1.43 bits per heavy atom. The van der Waals surface area contributed by atoms with Crippen molar-refractivity contribution in [3.05, 3.63) is 35.6 Å². The molecule has 1 aromatic carbocycles. The van der Waals surface area contributed by atoms with Gasteiger partial charge in [-0.1, -0.05) is 26.0 Å². The predicted octanol–water partition coefficient (Wildman–Crippen LogP) is 2.64. The summed E-state index contributed by atoms with van der Waals surface area (Å²) in [6.45, 7) is 4.16. The van der Waals surface area contributed by atoms with Crippen LogP contribution in [0.3, 0.4) is 0 Å². The average molecular weight is 196 g/mol. The Bertz CT molecular complexity index is 321. The highest BCUT2D eigenvalue weighted by atomic mass is 19.1. The van der Waals surface area contributed by atoms with E-state index in [1.165, 1.54) is 18.2 Å². The van der Waals surface area contributed by atoms with Crippen LogP contribution in [0.4, 0.5) is 4.39 Å². The second-order valence-electron chi connectivity index (χ2n) is 3.47. The van der Waals surface area contributed by atoms with Crippen LogP contribution in [-0.2, 0) is 4.74 Å². The summed E-state index contributed by atoms with van der Waals surface area (Å²) in [5, 5.41) is 0. The molecule has 0 aromatic heterocycles. The van der Waals surface area contributed by atoms with Crippen molar-refractivity contribution in [3.8, 4) is 0 Å². The van der Waals surface area contributed by atoms with Crippen LogP contribution in [0.25, 0.3) is 0 Å². The number of hydrogen-bond acceptors (Lipinski definition) is 2. The molecule has 3 heteroatoms. The quantitative estimate of drug-likeness (QED) is 0.694. The maximum atomic E-state index is 13.1. The third-order valence-corrected chi connectivity index (χ3v) is 1.64. The molecule has 0 radical (unpaired) electrons. The number of esters is 1. The molecule has 0 aliphatic carbocycles. The van der Waals surface area contributed by atoms with Crippen molar-refractivity contribution in [2.45, 2.75) is 13.8 Å². The Labute approximate surface area is 82.7 Å². The first kappa shape index (κ1) is 10.7. The lowest BCUT2D eigenvalue weighted by molar-refractivity contribution is 0.0453. The fourth-order valence-electron chi connectivity index (χ4n) is 0.947. The standard InChI is InChI=1S/C11H13FO2/c1-8(2)7-14-11(13)9-5-3-4-6-10(9)12/h3-6,8H,7H2,1-2H3. The van der Waals surface area contributed by atoms with Crippen LogP contribution in [0.5, 0.6) is 0 Å². The summed E-state index contributed by atoms with van der Waals surface area (Å²) in [4.78, 5) is 11.3. The molecule has 0 bridgehead atoms. The molecule has 76 valence electrons. The van der Waals surface area contributed by atoms with Crippen molar-refractivity contribution in [2.24, 2.45) is 5.92 Å². The van der Waals surface area contributed by atoms with E-state index in [4.69, 9.17) is 4.74 Å². The SMILES string of the molecule is CC(C)COC(=O)c1ccccc1F. The summed E-state index contributed by atoms with van der Waals surface area (Å²) < 4.78 is 18.0. The highest BCUT2D eigenvalue weighted by molar-refractivity contribution is 5.89. The molecule has 0 amide bonds. The van der Waals surface area contributed by atoms with Gasteiger partial charge < -0.3 is 4.74 Å². The summed E-state index contributed by atoms with van der Waals surface area (Å²) in [6, 6.07) is 5.80. The van der Waals surface area contributed by atoms with Crippen molar-refractivity contribution >= 4 is 5.97 Å². The Morgan fingerprint density at radius 3 is 2.64 bits per heavy atom. The van der Waals surface area contributed by atoms with E-state index in [1.54, 1.807) is 6.07 Å². The molecule has 0 unspecified atom stereocenters. The molecule has 0 saturated heterocycles. The maximum Gasteiger partial charge on any atom is 0.341 e. The van der Waals surface area contributed by atoms with Gasteiger partial charge in [0.15, 0.2) is 0 Å². The van der Waals surface area contributed by atoms with Gasteiger partial charge in [0.25, 0.3) is 0 Å². The minimum Gasteiger partial charge on any atom is -0.462 e. The van der Waals surface area contributed by atoms with Crippen molar-refractivity contribution in [1.82, 2.24) is 0 Å². The van der Waals surface area contributed by atoms with Crippen LogP contribution < -0.4 is 0 Å². The summed E-state index contributed by atoms with van der Waals surface area (Å²) >= 11 is 0. The number of benzene rings is 1. The molecule has 1 aromatic rings. The molecule has 0 aliphatic heterocycles. The fourth-order valence-corrected chi connectivity index (χ4v) is 0.947. The minimum atomic E-state index is -0.600. The molecule has 0 N–H and O–H groups in total. The zero-order chi connectivity index (χ0) is 10.6. The number of rotatable bonds is 3. The second kappa shape index (κ2) is 4.74. The molecule has 0 atom stereocenters. The first-order chi connectivity index (χ1) is 6.61. The summed E-state index contributed by atoms with van der Waals surface area (Å²) in [7, 11) is 0. The third kappa shape index (κ3) is 2.83. The zero-order valence-corrected chi connectivity index (χ0v) is 8.29. The van der Waals surface area contributed by atoms with E-state index >= 15 is 0 Å². The van der Waals surface area contributed by atoms with Crippen LogP contribution >= 0.6 is 0 Å². The highest BCUT2D eigenvalue weighted by Crippen LogP contribution is 2.08. The minimum absolute atomic E-state index is 0.00634. The molecule has 0 saturated carbocycles. The summed E-state index contributed by atoms with van der Waals surface area (Å²) in [5.74, 6) is -0.885. The Kier molecular flexibility index (Phi) is 3.63. The van der Waals surface area contributed by atoms with Crippen LogP contribution in [-0.4, -0.2) is 12.6 Å². The van der Waals surface area contributed by atoms with Gasteiger partial charge in [0.2, 0.25) is 0 Å². The molecule has 2 nitrogen and oxygen atoms in total. The van der Waals surface area contributed by atoms with Crippen LogP contribution in [0.1, 0.15) is 24.2 Å². The van der Waals surface area contributed by atoms with E-state index in [0.29, 0.717) is 6.61 Å². The van der Waals surface area contributed by atoms with Gasteiger partial charge in [0.05, 0.1) is 12.2 Å². The third-order valence-electron chi connectivity index (χ3n) is 1.64. The largest absolute Gasteiger partial charge is 0.462 e. The lowest BCUT2D eigenvalue weighted by atomic mass is 10.2. The second-order valence-corrected chi connectivity index (χ2v) is 3.47. The number of carbonyl (C=O) groups is 1. The van der Waals surface area contributed by atoms with Gasteiger partial charge in [-0.05, 0) is 18.1 Å².